The molecular formula is C13H15N5O2. The molecule has 20 heavy (non-hydrogen) atoms. The summed E-state index contributed by atoms with van der Waals surface area (Å²) in [6, 6.07) is 0. The first-order valence-corrected chi connectivity index (χ1v) is 6.17. The first kappa shape index (κ1) is 13.9. The van der Waals surface area contributed by atoms with Gasteiger partial charge in [-0.15, -0.1) is 0 Å². The standard InChI is InChI=1S/C13H15N5O2/c1-8(2)3-11-16-6-10(12(18-11)13(19)20)17-9-4-14-7-15-5-9/h4-8,17H,3H2,1-2H3,(H,19,20). The smallest absolute Gasteiger partial charge is 0.356 e. The van der Waals surface area contributed by atoms with Gasteiger partial charge in [0, 0.05) is 6.42 Å². The Kier molecular flexibility index (Phi) is 4.19. The van der Waals surface area contributed by atoms with Crippen molar-refractivity contribution in [2.45, 2.75) is 20.3 Å². The number of carboxylic acid groups (broad SMARTS) is 1. The van der Waals surface area contributed by atoms with E-state index in [9.17, 15) is 9.90 Å². The second-order valence-electron chi connectivity index (χ2n) is 4.70. The first-order valence-electron chi connectivity index (χ1n) is 6.17. The van der Waals surface area contributed by atoms with E-state index in [1.54, 1.807) is 12.4 Å². The highest BCUT2D eigenvalue weighted by atomic mass is 16.4. The van der Waals surface area contributed by atoms with Crippen molar-refractivity contribution in [2.24, 2.45) is 5.92 Å². The van der Waals surface area contributed by atoms with Crippen LogP contribution >= 0.6 is 0 Å². The lowest BCUT2D eigenvalue weighted by Gasteiger charge is -2.10. The van der Waals surface area contributed by atoms with Crippen molar-refractivity contribution in [2.75, 3.05) is 5.32 Å². The first-order chi connectivity index (χ1) is 9.56. The summed E-state index contributed by atoms with van der Waals surface area (Å²) >= 11 is 0. The van der Waals surface area contributed by atoms with E-state index in [0.717, 1.165) is 0 Å². The monoisotopic (exact) mass is 273 g/mol. The molecule has 0 aliphatic heterocycles. The fraction of sp³-hybridized carbons (Fsp3) is 0.308. The topological polar surface area (TPSA) is 101 Å². The van der Waals surface area contributed by atoms with Gasteiger partial charge in [0.2, 0.25) is 0 Å². The molecule has 0 atom stereocenters. The van der Waals surface area contributed by atoms with Crippen LogP contribution in [-0.2, 0) is 6.42 Å². The zero-order valence-electron chi connectivity index (χ0n) is 11.2. The molecule has 0 aromatic carbocycles. The predicted molar refractivity (Wildman–Crippen MR) is 72.8 cm³/mol. The van der Waals surface area contributed by atoms with Crippen LogP contribution in [0.25, 0.3) is 0 Å². The van der Waals surface area contributed by atoms with Crippen LogP contribution in [0.2, 0.25) is 0 Å². The number of nitrogens with zero attached hydrogens (tertiary/aromatic N) is 4. The van der Waals surface area contributed by atoms with Gasteiger partial charge >= 0.3 is 5.97 Å². The van der Waals surface area contributed by atoms with E-state index in [1.807, 2.05) is 13.8 Å². The highest BCUT2D eigenvalue weighted by Crippen LogP contribution is 2.18. The number of anilines is 2. The van der Waals surface area contributed by atoms with Crippen molar-refractivity contribution >= 4 is 17.3 Å². The number of nitrogens with one attached hydrogen (secondary N) is 1. The molecule has 7 heteroatoms. The number of aromatic carboxylic acids is 1. The summed E-state index contributed by atoms with van der Waals surface area (Å²) in [5.41, 5.74) is 0.842. The van der Waals surface area contributed by atoms with E-state index in [2.05, 4.69) is 25.3 Å². The number of rotatable bonds is 5. The minimum Gasteiger partial charge on any atom is -0.476 e. The molecule has 0 aliphatic rings. The Balaban J connectivity index is 2.30. The highest BCUT2D eigenvalue weighted by Gasteiger charge is 2.15. The number of hydrogen-bond donors (Lipinski definition) is 2. The van der Waals surface area contributed by atoms with Crippen molar-refractivity contribution in [3.63, 3.8) is 0 Å². The largest absolute Gasteiger partial charge is 0.476 e. The van der Waals surface area contributed by atoms with Crippen LogP contribution in [0, 0.1) is 5.92 Å². The maximum atomic E-state index is 11.3. The van der Waals surface area contributed by atoms with Gasteiger partial charge in [0.15, 0.2) is 5.69 Å². The van der Waals surface area contributed by atoms with E-state index in [1.165, 1.54) is 12.5 Å². The van der Waals surface area contributed by atoms with E-state index in [4.69, 9.17) is 0 Å². The average molecular weight is 273 g/mol. The SMILES string of the molecule is CC(C)Cc1ncc(Nc2cncnc2)c(C(=O)O)n1. The zero-order chi connectivity index (χ0) is 14.5. The van der Waals surface area contributed by atoms with Gasteiger partial charge < -0.3 is 10.4 Å². The number of carbonyl (C=O) groups is 1. The Hall–Kier alpha value is -2.57. The molecule has 2 N–H and O–H groups in total. The van der Waals surface area contributed by atoms with E-state index < -0.39 is 5.97 Å². The third kappa shape index (κ3) is 3.47. The summed E-state index contributed by atoms with van der Waals surface area (Å²) in [7, 11) is 0. The molecule has 0 unspecified atom stereocenters. The van der Waals surface area contributed by atoms with Crippen molar-refractivity contribution in [1.82, 2.24) is 19.9 Å². The van der Waals surface area contributed by atoms with Crippen LogP contribution in [0.4, 0.5) is 11.4 Å². The molecule has 2 aromatic rings. The maximum absolute atomic E-state index is 11.3. The lowest BCUT2D eigenvalue weighted by molar-refractivity contribution is 0.0691. The summed E-state index contributed by atoms with van der Waals surface area (Å²) in [6.45, 7) is 4.05. The second kappa shape index (κ2) is 6.05. The quantitative estimate of drug-likeness (QED) is 0.857. The fourth-order valence-corrected chi connectivity index (χ4v) is 1.66. The molecule has 0 amide bonds. The third-order valence-corrected chi connectivity index (χ3v) is 2.47. The van der Waals surface area contributed by atoms with Crippen molar-refractivity contribution in [3.05, 3.63) is 36.4 Å². The minimum absolute atomic E-state index is 0.0560. The van der Waals surface area contributed by atoms with Gasteiger partial charge in [0.05, 0.1) is 30.0 Å². The zero-order valence-corrected chi connectivity index (χ0v) is 11.2. The molecule has 7 nitrogen and oxygen atoms in total. The second-order valence-corrected chi connectivity index (χ2v) is 4.70. The van der Waals surface area contributed by atoms with Gasteiger partial charge in [-0.05, 0) is 5.92 Å². The fourth-order valence-electron chi connectivity index (χ4n) is 1.66. The Morgan fingerprint density at radius 2 is 2.00 bits per heavy atom. The molecule has 0 saturated carbocycles. The van der Waals surface area contributed by atoms with Gasteiger partial charge in [-0.3, -0.25) is 0 Å². The van der Waals surface area contributed by atoms with E-state index >= 15 is 0 Å². The Bertz CT molecular complexity index is 601. The third-order valence-electron chi connectivity index (χ3n) is 2.47. The molecule has 0 bridgehead atoms. The molecule has 104 valence electrons. The van der Waals surface area contributed by atoms with Crippen LogP contribution in [0.15, 0.2) is 24.9 Å². The average Bonchev–Trinajstić information content (AvgIpc) is 2.41. The summed E-state index contributed by atoms with van der Waals surface area (Å²) in [4.78, 5) is 27.3. The molecule has 2 aromatic heterocycles. The normalized spacial score (nSPS) is 10.6. The Morgan fingerprint density at radius 1 is 1.30 bits per heavy atom. The van der Waals surface area contributed by atoms with E-state index in [0.29, 0.717) is 29.5 Å². The van der Waals surface area contributed by atoms with Crippen LogP contribution < -0.4 is 5.32 Å². The lowest BCUT2D eigenvalue weighted by atomic mass is 10.1. The lowest BCUT2D eigenvalue weighted by Crippen LogP contribution is -2.11. The van der Waals surface area contributed by atoms with Gasteiger partial charge in [-0.25, -0.2) is 24.7 Å². The van der Waals surface area contributed by atoms with Gasteiger partial charge in [-0.1, -0.05) is 13.8 Å². The molecular weight excluding hydrogens is 258 g/mol. The number of aromatic nitrogens is 4. The summed E-state index contributed by atoms with van der Waals surface area (Å²) < 4.78 is 0. The molecule has 0 fully saturated rings. The number of carboxylic acids is 1. The van der Waals surface area contributed by atoms with E-state index in [-0.39, 0.29) is 5.69 Å². The highest BCUT2D eigenvalue weighted by molar-refractivity contribution is 5.92. The van der Waals surface area contributed by atoms with Crippen molar-refractivity contribution in [1.29, 1.82) is 0 Å². The Morgan fingerprint density at radius 3 is 2.60 bits per heavy atom. The molecule has 2 rings (SSSR count). The van der Waals surface area contributed by atoms with Gasteiger partial charge in [0.1, 0.15) is 12.2 Å². The Labute approximate surface area is 116 Å². The summed E-state index contributed by atoms with van der Waals surface area (Å²) in [5.74, 6) is -0.220. The predicted octanol–water partition coefficient (Wildman–Crippen LogP) is 1.91. The van der Waals surface area contributed by atoms with Gasteiger partial charge in [0.25, 0.3) is 0 Å². The molecule has 0 spiro atoms. The van der Waals surface area contributed by atoms with Crippen molar-refractivity contribution < 1.29 is 9.90 Å². The van der Waals surface area contributed by atoms with Crippen LogP contribution in [0.1, 0.15) is 30.2 Å². The van der Waals surface area contributed by atoms with Crippen LogP contribution in [0.3, 0.4) is 0 Å². The van der Waals surface area contributed by atoms with Gasteiger partial charge in [-0.2, -0.15) is 0 Å². The van der Waals surface area contributed by atoms with Crippen LogP contribution in [0.5, 0.6) is 0 Å². The molecule has 2 heterocycles. The van der Waals surface area contributed by atoms with Crippen molar-refractivity contribution in [3.8, 4) is 0 Å². The maximum Gasteiger partial charge on any atom is 0.356 e. The molecule has 0 aliphatic carbocycles. The summed E-state index contributed by atoms with van der Waals surface area (Å²) in [6.07, 6.45) is 6.59. The summed E-state index contributed by atoms with van der Waals surface area (Å²) in [5, 5.41) is 12.1. The number of hydrogen-bond acceptors (Lipinski definition) is 6. The molecule has 0 saturated heterocycles. The molecule has 0 radical (unpaired) electrons. The van der Waals surface area contributed by atoms with Crippen LogP contribution in [-0.4, -0.2) is 31.0 Å². The minimum atomic E-state index is -1.10.